The number of benzene rings is 2. The van der Waals surface area contributed by atoms with Crippen molar-refractivity contribution in [1.82, 2.24) is 0 Å². The Kier molecular flexibility index (Phi) is 4.22. The van der Waals surface area contributed by atoms with Crippen LogP contribution in [0, 0.1) is 12.7 Å². The molecule has 0 aliphatic rings. The van der Waals surface area contributed by atoms with Crippen LogP contribution in [0.1, 0.15) is 22.7 Å². The average Bonchev–Trinajstić information content (AvgIpc) is 2.41. The summed E-state index contributed by atoms with van der Waals surface area (Å²) in [5.74, 6) is 0.475. The summed E-state index contributed by atoms with van der Waals surface area (Å²) in [6, 6.07) is 10.3. The minimum atomic E-state index is -0.498. The summed E-state index contributed by atoms with van der Waals surface area (Å²) in [6.45, 7) is 1.73. The Bertz CT molecular complexity index is 601. The molecule has 2 nitrogen and oxygen atoms in total. The van der Waals surface area contributed by atoms with E-state index in [1.54, 1.807) is 26.2 Å². The lowest BCUT2D eigenvalue weighted by Gasteiger charge is -2.15. The van der Waals surface area contributed by atoms with E-state index in [2.05, 4.69) is 15.9 Å². The van der Waals surface area contributed by atoms with Gasteiger partial charge in [0.05, 0.1) is 17.6 Å². The minimum Gasteiger partial charge on any atom is -0.496 e. The van der Waals surface area contributed by atoms with Gasteiger partial charge in [0, 0.05) is 5.56 Å². The van der Waals surface area contributed by atoms with Gasteiger partial charge >= 0.3 is 0 Å². The second-order valence-electron chi connectivity index (χ2n) is 4.35. The summed E-state index contributed by atoms with van der Waals surface area (Å²) in [4.78, 5) is 0. The molecule has 0 amide bonds. The molecule has 0 spiro atoms. The Labute approximate surface area is 120 Å². The van der Waals surface area contributed by atoms with Crippen molar-refractivity contribution < 1.29 is 9.13 Å². The van der Waals surface area contributed by atoms with Gasteiger partial charge in [0.15, 0.2) is 0 Å². The molecular formula is C15H15BrFNO. The third-order valence-corrected chi connectivity index (χ3v) is 3.71. The molecule has 0 heterocycles. The lowest BCUT2D eigenvalue weighted by Crippen LogP contribution is -2.14. The Morgan fingerprint density at radius 2 is 2.00 bits per heavy atom. The van der Waals surface area contributed by atoms with Crippen LogP contribution in [0.3, 0.4) is 0 Å². The van der Waals surface area contributed by atoms with Gasteiger partial charge in [-0.1, -0.05) is 24.3 Å². The smallest absolute Gasteiger partial charge is 0.133 e. The molecule has 2 aromatic carbocycles. The van der Waals surface area contributed by atoms with Crippen molar-refractivity contribution in [2.24, 2.45) is 5.73 Å². The van der Waals surface area contributed by atoms with Gasteiger partial charge in [-0.15, -0.1) is 0 Å². The van der Waals surface area contributed by atoms with Crippen LogP contribution in [-0.2, 0) is 0 Å². The number of nitrogens with two attached hydrogens (primary N) is 1. The van der Waals surface area contributed by atoms with Crippen LogP contribution in [0.4, 0.5) is 4.39 Å². The fourth-order valence-corrected chi connectivity index (χ4v) is 2.52. The first-order chi connectivity index (χ1) is 9.04. The van der Waals surface area contributed by atoms with Crippen molar-refractivity contribution in [2.75, 3.05) is 7.11 Å². The maximum Gasteiger partial charge on any atom is 0.133 e. The fraction of sp³-hybridized carbons (Fsp3) is 0.200. The molecule has 100 valence electrons. The van der Waals surface area contributed by atoms with Crippen LogP contribution >= 0.6 is 15.9 Å². The Morgan fingerprint density at radius 1 is 1.26 bits per heavy atom. The molecule has 1 unspecified atom stereocenters. The molecule has 0 saturated carbocycles. The third-order valence-electron chi connectivity index (χ3n) is 3.09. The summed E-state index contributed by atoms with van der Waals surface area (Å²) < 4.78 is 20.0. The highest BCUT2D eigenvalue weighted by Gasteiger charge is 2.15. The van der Waals surface area contributed by atoms with Gasteiger partial charge in [-0.25, -0.2) is 4.39 Å². The highest BCUT2D eigenvalue weighted by molar-refractivity contribution is 9.10. The molecular weight excluding hydrogens is 309 g/mol. The first-order valence-corrected chi connectivity index (χ1v) is 6.68. The second-order valence-corrected chi connectivity index (χ2v) is 5.20. The first kappa shape index (κ1) is 14.0. The number of hydrogen-bond acceptors (Lipinski definition) is 2. The molecule has 0 fully saturated rings. The highest BCUT2D eigenvalue weighted by Crippen LogP contribution is 2.30. The number of ether oxygens (including phenoxy) is 1. The van der Waals surface area contributed by atoms with Crippen LogP contribution in [0.2, 0.25) is 0 Å². The molecule has 0 aromatic heterocycles. The molecule has 4 heteroatoms. The Hall–Kier alpha value is -1.39. The van der Waals surface area contributed by atoms with Crippen LogP contribution in [0.15, 0.2) is 40.9 Å². The van der Waals surface area contributed by atoms with E-state index in [4.69, 9.17) is 10.5 Å². The van der Waals surface area contributed by atoms with Crippen molar-refractivity contribution in [3.05, 3.63) is 63.4 Å². The van der Waals surface area contributed by atoms with Crippen molar-refractivity contribution in [2.45, 2.75) is 13.0 Å². The van der Waals surface area contributed by atoms with Crippen molar-refractivity contribution in [3.63, 3.8) is 0 Å². The Balaban J connectivity index is 2.41. The largest absolute Gasteiger partial charge is 0.496 e. The van der Waals surface area contributed by atoms with Gasteiger partial charge in [0.2, 0.25) is 0 Å². The summed E-state index contributed by atoms with van der Waals surface area (Å²) in [7, 11) is 1.60. The number of halogens is 2. The van der Waals surface area contributed by atoms with Gasteiger partial charge < -0.3 is 10.5 Å². The first-order valence-electron chi connectivity index (χ1n) is 5.88. The van der Waals surface area contributed by atoms with Crippen LogP contribution in [0.25, 0.3) is 0 Å². The number of rotatable bonds is 3. The van der Waals surface area contributed by atoms with Gasteiger partial charge in [-0.3, -0.25) is 0 Å². The van der Waals surface area contributed by atoms with Gasteiger partial charge in [-0.05, 0) is 46.1 Å². The predicted molar refractivity (Wildman–Crippen MR) is 77.9 cm³/mol. The van der Waals surface area contributed by atoms with Crippen molar-refractivity contribution >= 4 is 15.9 Å². The summed E-state index contributed by atoms with van der Waals surface area (Å²) in [5, 5.41) is 0. The third kappa shape index (κ3) is 2.80. The maximum absolute atomic E-state index is 14.1. The van der Waals surface area contributed by atoms with E-state index in [1.807, 2.05) is 24.3 Å². The normalized spacial score (nSPS) is 12.3. The summed E-state index contributed by atoms with van der Waals surface area (Å²) in [6.07, 6.45) is 0. The standard InChI is InChI=1S/C15H15BrFNO/c1-9-4-3-5-11(14(9)17)15(18)10-6-7-13(19-2)12(16)8-10/h3-8,15H,18H2,1-2H3. The van der Waals surface area contributed by atoms with E-state index in [9.17, 15) is 4.39 Å². The van der Waals surface area contributed by atoms with Crippen LogP contribution < -0.4 is 10.5 Å². The molecule has 2 N–H and O–H groups in total. The van der Waals surface area contributed by atoms with Gasteiger partial charge in [0.25, 0.3) is 0 Å². The molecule has 0 aliphatic heterocycles. The molecule has 1 atom stereocenters. The number of methoxy groups -OCH3 is 1. The maximum atomic E-state index is 14.1. The van der Waals surface area contributed by atoms with Crippen LogP contribution in [-0.4, -0.2) is 7.11 Å². The molecule has 0 radical (unpaired) electrons. The van der Waals surface area contributed by atoms with E-state index in [1.165, 1.54) is 0 Å². The minimum absolute atomic E-state index is 0.248. The molecule has 0 aliphatic carbocycles. The van der Waals surface area contributed by atoms with Crippen molar-refractivity contribution in [1.29, 1.82) is 0 Å². The SMILES string of the molecule is COc1ccc(C(N)c2cccc(C)c2F)cc1Br. The molecule has 2 rings (SSSR count). The molecule has 2 aromatic rings. The van der Waals surface area contributed by atoms with Gasteiger partial charge in [-0.2, -0.15) is 0 Å². The monoisotopic (exact) mass is 323 g/mol. The second kappa shape index (κ2) is 5.72. The van der Waals surface area contributed by atoms with E-state index < -0.39 is 6.04 Å². The number of aryl methyl sites for hydroxylation is 1. The van der Waals surface area contributed by atoms with E-state index in [0.717, 1.165) is 15.8 Å². The van der Waals surface area contributed by atoms with Crippen LogP contribution in [0.5, 0.6) is 5.75 Å². The Morgan fingerprint density at radius 3 is 2.63 bits per heavy atom. The van der Waals surface area contributed by atoms with Crippen molar-refractivity contribution in [3.8, 4) is 5.75 Å². The highest BCUT2D eigenvalue weighted by atomic mass is 79.9. The number of hydrogen-bond donors (Lipinski definition) is 1. The molecule has 0 bridgehead atoms. The predicted octanol–water partition coefficient (Wildman–Crippen LogP) is 3.95. The summed E-state index contributed by atoms with van der Waals surface area (Å²) >= 11 is 3.41. The average molecular weight is 324 g/mol. The van der Waals surface area contributed by atoms with E-state index in [-0.39, 0.29) is 5.82 Å². The fourth-order valence-electron chi connectivity index (χ4n) is 1.97. The zero-order chi connectivity index (χ0) is 14.0. The summed E-state index contributed by atoms with van der Waals surface area (Å²) in [5.41, 5.74) is 8.07. The quantitative estimate of drug-likeness (QED) is 0.928. The van der Waals surface area contributed by atoms with Gasteiger partial charge in [0.1, 0.15) is 11.6 Å². The zero-order valence-electron chi connectivity index (χ0n) is 10.8. The molecule has 19 heavy (non-hydrogen) atoms. The zero-order valence-corrected chi connectivity index (χ0v) is 12.4. The lowest BCUT2D eigenvalue weighted by molar-refractivity contribution is 0.412. The van der Waals surface area contributed by atoms with E-state index >= 15 is 0 Å². The topological polar surface area (TPSA) is 35.2 Å². The van der Waals surface area contributed by atoms with E-state index in [0.29, 0.717) is 11.1 Å². The molecule has 0 saturated heterocycles. The lowest BCUT2D eigenvalue weighted by atomic mass is 9.97.